The zero-order valence-corrected chi connectivity index (χ0v) is 5.23. The van der Waals surface area contributed by atoms with Gasteiger partial charge in [0.1, 0.15) is 0 Å². The Morgan fingerprint density at radius 1 is 1.60 bits per heavy atom. The van der Waals surface area contributed by atoms with Crippen molar-refractivity contribution in [3.8, 4) is 0 Å². The number of anilines is 1. The minimum atomic E-state index is 0.723. The number of nitrogens with zero attached hydrogens (tertiary/aromatic N) is 5. The third-order valence-corrected chi connectivity index (χ3v) is 1.25. The first-order valence-corrected chi connectivity index (χ1v) is 2.97. The van der Waals surface area contributed by atoms with E-state index in [1.54, 1.807) is 11.2 Å². The molecular weight excluding hydrogens is 132 g/mol. The summed E-state index contributed by atoms with van der Waals surface area (Å²) in [7, 11) is 0. The average molecular weight is 138 g/mol. The van der Waals surface area contributed by atoms with Crippen molar-refractivity contribution in [2.45, 2.75) is 0 Å². The molecule has 52 valence electrons. The molecule has 0 aromatic carbocycles. The molecule has 10 heavy (non-hydrogen) atoms. The fourth-order valence-corrected chi connectivity index (χ4v) is 0.786. The molecule has 2 heterocycles. The molecule has 0 bridgehead atoms. The van der Waals surface area contributed by atoms with E-state index >= 15 is 0 Å². The van der Waals surface area contributed by atoms with Gasteiger partial charge in [-0.1, -0.05) is 5.22 Å². The highest BCUT2D eigenvalue weighted by Crippen LogP contribution is 2.10. The highest BCUT2D eigenvalue weighted by molar-refractivity contribution is 5.32. The summed E-state index contributed by atoms with van der Waals surface area (Å²) in [5.41, 5.74) is 0. The summed E-state index contributed by atoms with van der Waals surface area (Å²) in [5, 5.41) is 19.3. The molecular formula is C4H6N6. The van der Waals surface area contributed by atoms with E-state index in [2.05, 4.69) is 25.7 Å². The topological polar surface area (TPSA) is 69.5 Å². The Bertz CT molecular complexity index is 226. The second kappa shape index (κ2) is 2.05. The van der Waals surface area contributed by atoms with Crippen LogP contribution in [0.15, 0.2) is 16.5 Å². The van der Waals surface area contributed by atoms with Crippen molar-refractivity contribution in [3.63, 3.8) is 0 Å². The molecule has 2 rings (SSSR count). The van der Waals surface area contributed by atoms with Crippen LogP contribution in [0.25, 0.3) is 0 Å². The molecule has 1 aromatic rings. The van der Waals surface area contributed by atoms with Crippen LogP contribution in [0, 0.1) is 0 Å². The predicted molar refractivity (Wildman–Crippen MR) is 33.5 cm³/mol. The van der Waals surface area contributed by atoms with Crippen LogP contribution in [-0.2, 0) is 0 Å². The SMILES string of the molecule is c1n[nH]nc1N1CCN=N1. The molecule has 0 fully saturated rings. The third-order valence-electron chi connectivity index (χ3n) is 1.25. The number of hydrogen-bond acceptors (Lipinski definition) is 5. The quantitative estimate of drug-likeness (QED) is 0.593. The Morgan fingerprint density at radius 3 is 3.20 bits per heavy atom. The highest BCUT2D eigenvalue weighted by Gasteiger charge is 2.10. The van der Waals surface area contributed by atoms with Crippen molar-refractivity contribution < 1.29 is 0 Å². The number of hydrogen-bond donors (Lipinski definition) is 1. The standard InChI is InChI=1S/C4H6N6/c1-2-10(9-5-1)4-3-6-8-7-4/h3H,1-2H2,(H,6,7,8). The lowest BCUT2D eigenvalue weighted by Gasteiger charge is -2.03. The smallest absolute Gasteiger partial charge is 0.192 e. The summed E-state index contributed by atoms with van der Waals surface area (Å²) in [4.78, 5) is 0. The summed E-state index contributed by atoms with van der Waals surface area (Å²) in [6.45, 7) is 1.54. The number of aromatic amines is 1. The van der Waals surface area contributed by atoms with E-state index in [0.29, 0.717) is 0 Å². The summed E-state index contributed by atoms with van der Waals surface area (Å²) < 4.78 is 0. The van der Waals surface area contributed by atoms with Crippen LogP contribution in [0.1, 0.15) is 0 Å². The van der Waals surface area contributed by atoms with Crippen LogP contribution in [0.2, 0.25) is 0 Å². The second-order valence-corrected chi connectivity index (χ2v) is 1.91. The number of H-pyrrole nitrogens is 1. The molecule has 0 spiro atoms. The lowest BCUT2D eigenvalue weighted by atomic mass is 10.6. The van der Waals surface area contributed by atoms with Gasteiger partial charge in [-0.05, 0) is 0 Å². The fourth-order valence-electron chi connectivity index (χ4n) is 0.786. The predicted octanol–water partition coefficient (Wildman–Crippen LogP) is -0.00810. The van der Waals surface area contributed by atoms with Crippen molar-refractivity contribution in [1.29, 1.82) is 0 Å². The summed E-state index contributed by atoms with van der Waals surface area (Å²) in [5.74, 6) is 0.723. The monoisotopic (exact) mass is 138 g/mol. The average Bonchev–Trinajstić information content (AvgIpc) is 2.59. The van der Waals surface area contributed by atoms with Gasteiger partial charge >= 0.3 is 0 Å². The Morgan fingerprint density at radius 2 is 2.60 bits per heavy atom. The van der Waals surface area contributed by atoms with Crippen LogP contribution in [0.5, 0.6) is 0 Å². The third kappa shape index (κ3) is 0.734. The first-order chi connectivity index (χ1) is 4.97. The molecule has 0 saturated heterocycles. The van der Waals surface area contributed by atoms with Crippen LogP contribution in [0.4, 0.5) is 5.82 Å². The van der Waals surface area contributed by atoms with E-state index < -0.39 is 0 Å². The van der Waals surface area contributed by atoms with Crippen molar-refractivity contribution in [3.05, 3.63) is 6.20 Å². The van der Waals surface area contributed by atoms with E-state index in [1.807, 2.05) is 0 Å². The Labute approximate surface area is 56.9 Å². The fraction of sp³-hybridized carbons (Fsp3) is 0.500. The molecule has 1 aliphatic rings. The zero-order chi connectivity index (χ0) is 6.81. The maximum absolute atomic E-state index is 3.83. The van der Waals surface area contributed by atoms with Gasteiger partial charge in [-0.25, -0.2) is 5.01 Å². The summed E-state index contributed by atoms with van der Waals surface area (Å²) in [6.07, 6.45) is 1.62. The maximum Gasteiger partial charge on any atom is 0.192 e. The van der Waals surface area contributed by atoms with Gasteiger partial charge in [0.05, 0.1) is 19.3 Å². The van der Waals surface area contributed by atoms with E-state index in [0.717, 1.165) is 18.9 Å². The molecule has 1 aromatic heterocycles. The van der Waals surface area contributed by atoms with Crippen molar-refractivity contribution in [2.75, 3.05) is 18.1 Å². The number of rotatable bonds is 1. The van der Waals surface area contributed by atoms with Gasteiger partial charge in [-0.15, -0.1) is 5.10 Å². The van der Waals surface area contributed by atoms with Crippen LogP contribution in [-0.4, -0.2) is 28.5 Å². The molecule has 0 unspecified atom stereocenters. The Balaban J connectivity index is 2.20. The number of nitrogens with one attached hydrogen (secondary N) is 1. The lowest BCUT2D eigenvalue weighted by Crippen LogP contribution is -2.13. The van der Waals surface area contributed by atoms with Crippen molar-refractivity contribution in [2.24, 2.45) is 10.3 Å². The molecule has 0 radical (unpaired) electrons. The summed E-state index contributed by atoms with van der Waals surface area (Å²) in [6, 6.07) is 0. The minimum Gasteiger partial charge on any atom is -0.225 e. The van der Waals surface area contributed by atoms with Gasteiger partial charge in [0, 0.05) is 0 Å². The molecule has 1 N–H and O–H groups in total. The van der Waals surface area contributed by atoms with Gasteiger partial charge < -0.3 is 0 Å². The largest absolute Gasteiger partial charge is 0.225 e. The summed E-state index contributed by atoms with van der Waals surface area (Å²) >= 11 is 0. The van der Waals surface area contributed by atoms with Crippen LogP contribution in [0.3, 0.4) is 0 Å². The minimum absolute atomic E-state index is 0.723. The molecule has 6 nitrogen and oxygen atoms in total. The normalized spacial score (nSPS) is 16.6. The van der Waals surface area contributed by atoms with Gasteiger partial charge in [0.2, 0.25) is 0 Å². The molecule has 6 heteroatoms. The highest BCUT2D eigenvalue weighted by atomic mass is 15.6. The molecule has 1 aliphatic heterocycles. The van der Waals surface area contributed by atoms with Gasteiger partial charge in [-0.3, -0.25) is 0 Å². The zero-order valence-electron chi connectivity index (χ0n) is 5.23. The molecule has 0 saturated carbocycles. The van der Waals surface area contributed by atoms with Crippen LogP contribution >= 0.6 is 0 Å². The second-order valence-electron chi connectivity index (χ2n) is 1.91. The van der Waals surface area contributed by atoms with Crippen molar-refractivity contribution >= 4 is 5.82 Å². The Kier molecular flexibility index (Phi) is 1.09. The van der Waals surface area contributed by atoms with E-state index in [-0.39, 0.29) is 0 Å². The lowest BCUT2D eigenvalue weighted by molar-refractivity contribution is 0.882. The van der Waals surface area contributed by atoms with Crippen LogP contribution < -0.4 is 5.01 Å². The number of aromatic nitrogens is 3. The first kappa shape index (κ1) is 5.33. The molecule has 0 amide bonds. The van der Waals surface area contributed by atoms with Crippen molar-refractivity contribution in [1.82, 2.24) is 15.4 Å². The Hall–Kier alpha value is -1.46. The van der Waals surface area contributed by atoms with Gasteiger partial charge in [0.15, 0.2) is 5.82 Å². The van der Waals surface area contributed by atoms with Gasteiger partial charge in [0.25, 0.3) is 0 Å². The molecule has 0 atom stereocenters. The maximum atomic E-state index is 3.83. The first-order valence-electron chi connectivity index (χ1n) is 2.97. The molecule has 0 aliphatic carbocycles. The van der Waals surface area contributed by atoms with E-state index in [1.165, 1.54) is 0 Å². The van der Waals surface area contributed by atoms with E-state index in [4.69, 9.17) is 0 Å². The van der Waals surface area contributed by atoms with Gasteiger partial charge in [-0.2, -0.15) is 15.4 Å². The van der Waals surface area contributed by atoms with E-state index in [9.17, 15) is 0 Å².